The summed E-state index contributed by atoms with van der Waals surface area (Å²) in [5.41, 5.74) is 0.977. The molecule has 0 unspecified atom stereocenters. The first-order chi connectivity index (χ1) is 15.2. The van der Waals surface area contributed by atoms with Crippen molar-refractivity contribution in [2.45, 2.75) is 32.2 Å². The second-order valence-corrected chi connectivity index (χ2v) is 8.96. The predicted octanol–water partition coefficient (Wildman–Crippen LogP) is 2.93. The minimum Gasteiger partial charge on any atom is -0.494 e. The molecule has 0 aliphatic heterocycles. The molecule has 8 nitrogen and oxygen atoms in total. The van der Waals surface area contributed by atoms with E-state index < -0.39 is 22.6 Å². The summed E-state index contributed by atoms with van der Waals surface area (Å²) >= 11 is 0. The summed E-state index contributed by atoms with van der Waals surface area (Å²) in [6, 6.07) is 13.0. The monoisotopic (exact) mass is 462 g/mol. The second-order valence-electron chi connectivity index (χ2n) is 7.02. The van der Waals surface area contributed by atoms with E-state index in [2.05, 4.69) is 0 Å². The lowest BCUT2D eigenvalue weighted by Gasteiger charge is -2.19. The smallest absolute Gasteiger partial charge is 0.338 e. The van der Waals surface area contributed by atoms with E-state index in [9.17, 15) is 18.0 Å². The Morgan fingerprint density at radius 2 is 1.62 bits per heavy atom. The molecule has 32 heavy (non-hydrogen) atoms. The van der Waals surface area contributed by atoms with Gasteiger partial charge in [-0.05, 0) is 42.8 Å². The van der Waals surface area contributed by atoms with Crippen molar-refractivity contribution in [3.8, 4) is 5.75 Å². The SMILES string of the molecule is CCOc1ccc(CN(C)C(=O)COC(=O)c2cccc(S(=O)(=O)N(CC)CC)c2)cc1. The molecule has 0 aromatic heterocycles. The lowest BCUT2D eigenvalue weighted by molar-refractivity contribution is -0.133. The zero-order valence-electron chi connectivity index (χ0n) is 18.9. The zero-order valence-corrected chi connectivity index (χ0v) is 19.7. The van der Waals surface area contributed by atoms with Gasteiger partial charge in [0.15, 0.2) is 6.61 Å². The van der Waals surface area contributed by atoms with Gasteiger partial charge in [-0.1, -0.05) is 32.0 Å². The molecule has 0 N–H and O–H groups in total. The largest absolute Gasteiger partial charge is 0.494 e. The first-order valence-electron chi connectivity index (χ1n) is 10.5. The van der Waals surface area contributed by atoms with E-state index in [0.29, 0.717) is 26.2 Å². The molecule has 2 aromatic carbocycles. The molecule has 0 heterocycles. The highest BCUT2D eigenvalue weighted by Crippen LogP contribution is 2.18. The molecule has 0 saturated carbocycles. The molecule has 0 fully saturated rings. The van der Waals surface area contributed by atoms with Gasteiger partial charge in [-0.3, -0.25) is 4.79 Å². The third kappa shape index (κ3) is 6.54. The maximum atomic E-state index is 12.7. The van der Waals surface area contributed by atoms with E-state index in [1.54, 1.807) is 20.9 Å². The Morgan fingerprint density at radius 3 is 2.22 bits per heavy atom. The molecule has 0 radical (unpaired) electrons. The Kier molecular flexibility index (Phi) is 9.22. The van der Waals surface area contributed by atoms with E-state index in [-0.39, 0.29) is 16.4 Å². The Balaban J connectivity index is 1.97. The number of carbonyl (C=O) groups excluding carboxylic acids is 2. The number of rotatable bonds is 11. The van der Waals surface area contributed by atoms with E-state index in [0.717, 1.165) is 11.3 Å². The summed E-state index contributed by atoms with van der Waals surface area (Å²) in [6.07, 6.45) is 0. The average molecular weight is 463 g/mol. The lowest BCUT2D eigenvalue weighted by atomic mass is 10.2. The third-order valence-electron chi connectivity index (χ3n) is 4.82. The standard InChI is InChI=1S/C23H30N2O6S/c1-5-25(6-2)32(28,29)21-10-8-9-19(15-21)23(27)31-17-22(26)24(4)16-18-11-13-20(14-12-18)30-7-3/h8-15H,5-7,16-17H2,1-4H3. The van der Waals surface area contributed by atoms with Crippen molar-refractivity contribution < 1.29 is 27.5 Å². The number of nitrogens with zero attached hydrogens (tertiary/aromatic N) is 2. The molecule has 0 spiro atoms. The van der Waals surface area contributed by atoms with Crippen molar-refractivity contribution in [1.29, 1.82) is 0 Å². The fourth-order valence-corrected chi connectivity index (χ4v) is 4.54. The number of carbonyl (C=O) groups is 2. The van der Waals surface area contributed by atoms with Crippen LogP contribution < -0.4 is 4.74 Å². The van der Waals surface area contributed by atoms with Crippen molar-refractivity contribution in [2.75, 3.05) is 33.4 Å². The quantitative estimate of drug-likeness (QED) is 0.477. The molecule has 0 saturated heterocycles. The second kappa shape index (κ2) is 11.6. The van der Waals surface area contributed by atoms with Crippen molar-refractivity contribution in [1.82, 2.24) is 9.21 Å². The number of amides is 1. The van der Waals surface area contributed by atoms with Gasteiger partial charge in [0, 0.05) is 26.7 Å². The molecule has 0 aliphatic carbocycles. The highest BCUT2D eigenvalue weighted by atomic mass is 32.2. The van der Waals surface area contributed by atoms with Crippen LogP contribution >= 0.6 is 0 Å². The van der Waals surface area contributed by atoms with E-state index in [1.165, 1.54) is 33.5 Å². The summed E-state index contributed by atoms with van der Waals surface area (Å²) in [7, 11) is -2.09. The molecule has 0 bridgehead atoms. The predicted molar refractivity (Wildman–Crippen MR) is 121 cm³/mol. The maximum absolute atomic E-state index is 12.7. The Morgan fingerprint density at radius 1 is 0.969 bits per heavy atom. The summed E-state index contributed by atoms with van der Waals surface area (Å²) in [5.74, 6) is -0.382. The van der Waals surface area contributed by atoms with Crippen LogP contribution in [0.1, 0.15) is 36.7 Å². The van der Waals surface area contributed by atoms with Crippen molar-refractivity contribution >= 4 is 21.9 Å². The molecule has 2 aromatic rings. The Labute approximate surface area is 189 Å². The van der Waals surface area contributed by atoms with Crippen LogP contribution in [0, 0.1) is 0 Å². The van der Waals surface area contributed by atoms with Crippen LogP contribution in [-0.4, -0.2) is 62.9 Å². The average Bonchev–Trinajstić information content (AvgIpc) is 2.79. The molecular weight excluding hydrogens is 432 g/mol. The molecule has 2 rings (SSSR count). The fraction of sp³-hybridized carbons (Fsp3) is 0.391. The molecule has 0 atom stereocenters. The van der Waals surface area contributed by atoms with Crippen LogP contribution in [0.15, 0.2) is 53.4 Å². The highest BCUT2D eigenvalue weighted by Gasteiger charge is 2.23. The van der Waals surface area contributed by atoms with Crippen LogP contribution in [-0.2, 0) is 26.1 Å². The van der Waals surface area contributed by atoms with Crippen LogP contribution in [0.2, 0.25) is 0 Å². The minimum absolute atomic E-state index is 0.00888. The molecule has 1 amide bonds. The molecule has 174 valence electrons. The maximum Gasteiger partial charge on any atom is 0.338 e. The van der Waals surface area contributed by atoms with Crippen LogP contribution in [0.4, 0.5) is 0 Å². The summed E-state index contributed by atoms with van der Waals surface area (Å²) in [5, 5.41) is 0. The van der Waals surface area contributed by atoms with Gasteiger partial charge in [-0.15, -0.1) is 0 Å². The normalized spacial score (nSPS) is 11.3. The van der Waals surface area contributed by atoms with Crippen molar-refractivity contribution in [3.63, 3.8) is 0 Å². The molecule has 9 heteroatoms. The number of sulfonamides is 1. The van der Waals surface area contributed by atoms with Gasteiger partial charge in [0.2, 0.25) is 10.0 Å². The Hall–Kier alpha value is -2.91. The van der Waals surface area contributed by atoms with E-state index in [1.807, 2.05) is 31.2 Å². The van der Waals surface area contributed by atoms with Gasteiger partial charge in [-0.2, -0.15) is 4.31 Å². The van der Waals surface area contributed by atoms with Gasteiger partial charge in [0.1, 0.15) is 5.75 Å². The number of likely N-dealkylation sites (N-methyl/N-ethyl adjacent to an activating group) is 1. The number of ether oxygens (including phenoxy) is 2. The van der Waals surface area contributed by atoms with Crippen LogP contribution in [0.25, 0.3) is 0 Å². The van der Waals surface area contributed by atoms with Gasteiger partial charge in [0.05, 0.1) is 17.1 Å². The number of benzene rings is 2. The minimum atomic E-state index is -3.70. The van der Waals surface area contributed by atoms with Gasteiger partial charge < -0.3 is 14.4 Å². The van der Waals surface area contributed by atoms with Gasteiger partial charge in [-0.25, -0.2) is 13.2 Å². The van der Waals surface area contributed by atoms with Crippen LogP contribution in [0.3, 0.4) is 0 Å². The molecule has 0 aliphatic rings. The van der Waals surface area contributed by atoms with Crippen LogP contribution in [0.5, 0.6) is 5.75 Å². The summed E-state index contributed by atoms with van der Waals surface area (Å²) in [6.45, 7) is 6.52. The topological polar surface area (TPSA) is 93.2 Å². The lowest BCUT2D eigenvalue weighted by Crippen LogP contribution is -2.31. The number of esters is 1. The molecular formula is C23H30N2O6S. The first kappa shape index (κ1) is 25.4. The van der Waals surface area contributed by atoms with Gasteiger partial charge >= 0.3 is 5.97 Å². The zero-order chi connectivity index (χ0) is 23.7. The van der Waals surface area contributed by atoms with E-state index in [4.69, 9.17) is 9.47 Å². The summed E-state index contributed by atoms with van der Waals surface area (Å²) in [4.78, 5) is 26.2. The Bertz CT molecular complexity index is 1020. The van der Waals surface area contributed by atoms with Crippen molar-refractivity contribution in [2.24, 2.45) is 0 Å². The fourth-order valence-electron chi connectivity index (χ4n) is 3.04. The third-order valence-corrected chi connectivity index (χ3v) is 6.87. The number of hydrogen-bond acceptors (Lipinski definition) is 6. The summed E-state index contributed by atoms with van der Waals surface area (Å²) < 4.78 is 37.1. The van der Waals surface area contributed by atoms with Gasteiger partial charge in [0.25, 0.3) is 5.91 Å². The number of hydrogen-bond donors (Lipinski definition) is 0. The van der Waals surface area contributed by atoms with Crippen molar-refractivity contribution in [3.05, 3.63) is 59.7 Å². The van der Waals surface area contributed by atoms with E-state index >= 15 is 0 Å². The first-order valence-corrected chi connectivity index (χ1v) is 11.9. The highest BCUT2D eigenvalue weighted by molar-refractivity contribution is 7.89.